The zero-order valence-electron chi connectivity index (χ0n) is 11.3. The molecule has 2 N–H and O–H groups in total. The van der Waals surface area contributed by atoms with Gasteiger partial charge in [-0.1, -0.05) is 41.9 Å². The smallest absolute Gasteiger partial charge is 0.0516 e. The Morgan fingerprint density at radius 1 is 1.25 bits per heavy atom. The maximum atomic E-state index is 6.00. The van der Waals surface area contributed by atoms with Crippen molar-refractivity contribution in [3.05, 3.63) is 57.2 Å². The van der Waals surface area contributed by atoms with E-state index in [-0.39, 0.29) is 0 Å². The van der Waals surface area contributed by atoms with Gasteiger partial charge in [-0.05, 0) is 24.1 Å². The molecule has 0 bridgehead atoms. The van der Waals surface area contributed by atoms with E-state index in [9.17, 15) is 0 Å². The normalized spacial score (nSPS) is 23.3. The molecular formula is C16H19ClN2S. The highest BCUT2D eigenvalue weighted by Gasteiger charge is 2.32. The maximum absolute atomic E-state index is 6.00. The van der Waals surface area contributed by atoms with Gasteiger partial charge >= 0.3 is 0 Å². The van der Waals surface area contributed by atoms with Gasteiger partial charge in [-0.15, -0.1) is 11.3 Å². The summed E-state index contributed by atoms with van der Waals surface area (Å²) in [5.74, 6) is 1.10. The van der Waals surface area contributed by atoms with E-state index in [4.69, 9.17) is 17.3 Å². The van der Waals surface area contributed by atoms with Crippen LogP contribution >= 0.6 is 22.9 Å². The fourth-order valence-corrected chi connectivity index (χ4v) is 4.18. The van der Waals surface area contributed by atoms with E-state index in [0.29, 0.717) is 11.8 Å². The first kappa shape index (κ1) is 14.1. The van der Waals surface area contributed by atoms with Crippen LogP contribution in [-0.4, -0.2) is 24.5 Å². The number of rotatable bonds is 4. The predicted molar refractivity (Wildman–Crippen MR) is 86.3 cm³/mol. The molecule has 2 aromatic rings. The zero-order valence-corrected chi connectivity index (χ0v) is 12.9. The molecule has 2 nitrogen and oxygen atoms in total. The first-order valence-electron chi connectivity index (χ1n) is 6.96. The molecule has 106 valence electrons. The Morgan fingerprint density at radius 2 is 2.05 bits per heavy atom. The van der Waals surface area contributed by atoms with Gasteiger partial charge in [-0.25, -0.2) is 0 Å². The highest BCUT2D eigenvalue weighted by atomic mass is 35.5. The molecule has 1 aromatic carbocycles. The van der Waals surface area contributed by atoms with Crippen molar-refractivity contribution in [3.63, 3.8) is 0 Å². The Bertz CT molecular complexity index is 555. The number of hydrogen-bond donors (Lipinski definition) is 1. The Kier molecular flexibility index (Phi) is 4.41. The minimum atomic E-state index is 0.549. The summed E-state index contributed by atoms with van der Waals surface area (Å²) < 4.78 is 0. The van der Waals surface area contributed by atoms with E-state index < -0.39 is 0 Å². The lowest BCUT2D eigenvalue weighted by Gasteiger charge is -2.16. The standard InChI is InChI=1S/C16H19ClN2S/c17-14-6-15(20-11-14)9-19-8-13(7-18)16(10-19)12-4-2-1-3-5-12/h1-6,11,13,16H,7-10,18H2/t13-,16+/m1/s1. The Hall–Kier alpha value is -0.870. The van der Waals surface area contributed by atoms with Crippen LogP contribution < -0.4 is 5.73 Å². The topological polar surface area (TPSA) is 29.3 Å². The second-order valence-electron chi connectivity index (χ2n) is 5.44. The Balaban J connectivity index is 1.71. The van der Waals surface area contributed by atoms with Crippen molar-refractivity contribution in [3.8, 4) is 0 Å². The molecule has 1 aromatic heterocycles. The van der Waals surface area contributed by atoms with Crippen LogP contribution in [-0.2, 0) is 6.54 Å². The lowest BCUT2D eigenvalue weighted by molar-refractivity contribution is 0.319. The van der Waals surface area contributed by atoms with Gasteiger partial charge in [0.05, 0.1) is 5.02 Å². The van der Waals surface area contributed by atoms with Crippen molar-refractivity contribution in [1.82, 2.24) is 4.90 Å². The number of likely N-dealkylation sites (tertiary alicyclic amines) is 1. The maximum Gasteiger partial charge on any atom is 0.0516 e. The second-order valence-corrected chi connectivity index (χ2v) is 6.87. The lowest BCUT2D eigenvalue weighted by Crippen LogP contribution is -2.22. The zero-order chi connectivity index (χ0) is 13.9. The van der Waals surface area contributed by atoms with Gasteiger partial charge in [0, 0.05) is 35.8 Å². The molecule has 2 heterocycles. The van der Waals surface area contributed by atoms with Gasteiger partial charge in [0.15, 0.2) is 0 Å². The number of nitrogens with zero attached hydrogens (tertiary/aromatic N) is 1. The van der Waals surface area contributed by atoms with E-state index in [2.05, 4.69) is 41.3 Å². The monoisotopic (exact) mass is 306 g/mol. The van der Waals surface area contributed by atoms with Crippen LogP contribution in [0.2, 0.25) is 5.02 Å². The van der Waals surface area contributed by atoms with E-state index in [0.717, 1.165) is 31.2 Å². The molecule has 1 aliphatic heterocycles. The molecule has 0 saturated carbocycles. The first-order valence-corrected chi connectivity index (χ1v) is 8.22. The molecule has 1 fully saturated rings. The van der Waals surface area contributed by atoms with E-state index in [1.165, 1.54) is 10.4 Å². The molecule has 0 spiro atoms. The highest BCUT2D eigenvalue weighted by molar-refractivity contribution is 7.10. The molecule has 0 radical (unpaired) electrons. The van der Waals surface area contributed by atoms with E-state index in [1.54, 1.807) is 11.3 Å². The average Bonchev–Trinajstić information content (AvgIpc) is 3.06. The second kappa shape index (κ2) is 6.27. The van der Waals surface area contributed by atoms with Crippen LogP contribution in [0.3, 0.4) is 0 Å². The fourth-order valence-electron chi connectivity index (χ4n) is 3.06. The largest absolute Gasteiger partial charge is 0.330 e. The summed E-state index contributed by atoms with van der Waals surface area (Å²) in [6, 6.07) is 12.8. The minimum Gasteiger partial charge on any atom is -0.330 e. The van der Waals surface area contributed by atoms with Gasteiger partial charge in [-0.2, -0.15) is 0 Å². The van der Waals surface area contributed by atoms with Crippen molar-refractivity contribution >= 4 is 22.9 Å². The van der Waals surface area contributed by atoms with Crippen molar-refractivity contribution in [1.29, 1.82) is 0 Å². The molecule has 3 rings (SSSR count). The third-order valence-corrected chi connectivity index (χ3v) is 5.32. The molecular weight excluding hydrogens is 288 g/mol. The van der Waals surface area contributed by atoms with Crippen molar-refractivity contribution in [2.75, 3.05) is 19.6 Å². The number of hydrogen-bond acceptors (Lipinski definition) is 3. The van der Waals surface area contributed by atoms with Crippen LogP contribution in [0.1, 0.15) is 16.4 Å². The van der Waals surface area contributed by atoms with Gasteiger partial charge in [0.1, 0.15) is 0 Å². The van der Waals surface area contributed by atoms with E-state index >= 15 is 0 Å². The number of halogens is 1. The van der Waals surface area contributed by atoms with Crippen LogP contribution in [0.4, 0.5) is 0 Å². The van der Waals surface area contributed by atoms with Gasteiger partial charge in [0.2, 0.25) is 0 Å². The molecule has 0 amide bonds. The summed E-state index contributed by atoms with van der Waals surface area (Å²) in [6.07, 6.45) is 0. The number of nitrogens with two attached hydrogens (primary N) is 1. The summed E-state index contributed by atoms with van der Waals surface area (Å²) in [4.78, 5) is 3.83. The summed E-state index contributed by atoms with van der Waals surface area (Å²) >= 11 is 7.74. The van der Waals surface area contributed by atoms with Crippen molar-refractivity contribution < 1.29 is 0 Å². The highest BCUT2D eigenvalue weighted by Crippen LogP contribution is 2.33. The molecule has 1 saturated heterocycles. The van der Waals surface area contributed by atoms with Gasteiger partial charge in [0.25, 0.3) is 0 Å². The SMILES string of the molecule is NC[C@@H]1CN(Cc2cc(Cl)cs2)C[C@H]1c1ccccc1. The minimum absolute atomic E-state index is 0.549. The van der Waals surface area contributed by atoms with Crippen LogP contribution in [0.5, 0.6) is 0 Å². The molecule has 20 heavy (non-hydrogen) atoms. The third-order valence-electron chi connectivity index (χ3n) is 4.05. The summed E-state index contributed by atoms with van der Waals surface area (Å²) in [5.41, 5.74) is 7.39. The third kappa shape index (κ3) is 3.07. The average molecular weight is 307 g/mol. The van der Waals surface area contributed by atoms with E-state index in [1.807, 2.05) is 5.38 Å². The van der Waals surface area contributed by atoms with Gasteiger partial charge in [-0.3, -0.25) is 4.90 Å². The van der Waals surface area contributed by atoms with Gasteiger partial charge < -0.3 is 5.73 Å². The summed E-state index contributed by atoms with van der Waals surface area (Å²) in [5, 5.41) is 2.85. The van der Waals surface area contributed by atoms with Crippen molar-refractivity contribution in [2.45, 2.75) is 12.5 Å². The predicted octanol–water partition coefficient (Wildman–Crippen LogP) is 3.58. The van der Waals surface area contributed by atoms with Crippen LogP contribution in [0, 0.1) is 5.92 Å². The Morgan fingerprint density at radius 3 is 2.70 bits per heavy atom. The molecule has 4 heteroatoms. The van der Waals surface area contributed by atoms with Crippen LogP contribution in [0.25, 0.3) is 0 Å². The molecule has 1 aliphatic rings. The molecule has 2 atom stereocenters. The quantitative estimate of drug-likeness (QED) is 0.935. The Labute approximate surface area is 129 Å². The van der Waals surface area contributed by atoms with Crippen LogP contribution in [0.15, 0.2) is 41.8 Å². The lowest BCUT2D eigenvalue weighted by atomic mass is 9.89. The summed E-state index contributed by atoms with van der Waals surface area (Å²) in [6.45, 7) is 3.89. The first-order chi connectivity index (χ1) is 9.76. The van der Waals surface area contributed by atoms with Crippen molar-refractivity contribution in [2.24, 2.45) is 11.7 Å². The fraction of sp³-hybridized carbons (Fsp3) is 0.375. The molecule has 0 unspecified atom stereocenters. The number of benzene rings is 1. The number of thiophene rings is 1. The molecule has 0 aliphatic carbocycles. The summed E-state index contributed by atoms with van der Waals surface area (Å²) in [7, 11) is 0.